The van der Waals surface area contributed by atoms with Gasteiger partial charge >= 0.3 is 0 Å². The second-order valence-electron chi connectivity index (χ2n) is 16.1. The minimum absolute atomic E-state index is 0.795. The van der Waals surface area contributed by atoms with Crippen molar-refractivity contribution in [2.75, 3.05) is 38.2 Å². The summed E-state index contributed by atoms with van der Waals surface area (Å²) in [6, 6.07) is 37.2. The molecule has 7 heterocycles. The van der Waals surface area contributed by atoms with Gasteiger partial charge < -0.3 is 14.1 Å². The lowest BCUT2D eigenvalue weighted by atomic mass is 9.93. The molecule has 0 radical (unpaired) electrons. The third-order valence-electron chi connectivity index (χ3n) is 11.4. The van der Waals surface area contributed by atoms with Crippen molar-refractivity contribution in [3.63, 3.8) is 0 Å². The summed E-state index contributed by atoms with van der Waals surface area (Å²) in [5.41, 5.74) is 15.5. The van der Waals surface area contributed by atoms with Crippen molar-refractivity contribution in [1.82, 2.24) is 34.5 Å². The molecule has 1 aromatic carbocycles. The predicted molar refractivity (Wildman–Crippen MR) is 270 cm³/mol. The Bertz CT molecular complexity index is 3050. The molecular formula is C56H59N8O2+. The van der Waals surface area contributed by atoms with Crippen LogP contribution >= 0.6 is 0 Å². The minimum Gasteiger partial charge on any atom is -0.497 e. The second kappa shape index (κ2) is 21.9. The molecule has 10 heteroatoms. The first-order valence-corrected chi connectivity index (χ1v) is 22.6. The van der Waals surface area contributed by atoms with E-state index in [1.54, 1.807) is 19.5 Å². The Morgan fingerprint density at radius 2 is 0.970 bits per heavy atom. The van der Waals surface area contributed by atoms with Crippen molar-refractivity contribution in [2.45, 2.75) is 55.4 Å². The van der Waals surface area contributed by atoms with Crippen LogP contribution in [0.2, 0.25) is 0 Å². The molecule has 0 unspecified atom stereocenters. The normalized spacial score (nSPS) is 10.7. The molecule has 6 aromatic heterocycles. The first kappa shape index (κ1) is 46.4. The average Bonchev–Trinajstić information content (AvgIpc) is 3.34. The zero-order valence-corrected chi connectivity index (χ0v) is 39.6. The fourth-order valence-corrected chi connectivity index (χ4v) is 7.86. The number of fused-ring (bicyclic) bond motifs is 2. The van der Waals surface area contributed by atoms with Gasteiger partial charge in [0.05, 0.1) is 47.3 Å². The van der Waals surface area contributed by atoms with Crippen molar-refractivity contribution in [1.29, 1.82) is 0 Å². The molecule has 0 fully saturated rings. The number of pyridine rings is 6. The van der Waals surface area contributed by atoms with Gasteiger partial charge in [0, 0.05) is 90.7 Å². The van der Waals surface area contributed by atoms with E-state index in [0.717, 1.165) is 99.5 Å². The molecule has 1 aliphatic carbocycles. The van der Waals surface area contributed by atoms with E-state index >= 15 is 0 Å². The molecule has 66 heavy (non-hydrogen) atoms. The molecule has 0 saturated carbocycles. The predicted octanol–water partition coefficient (Wildman–Crippen LogP) is 11.8. The highest BCUT2D eigenvalue weighted by atomic mass is 16.5. The van der Waals surface area contributed by atoms with Gasteiger partial charge in [0.15, 0.2) is 0 Å². The number of hydrogen-bond acceptors (Lipinski definition) is 9. The third-order valence-corrected chi connectivity index (χ3v) is 11.4. The summed E-state index contributed by atoms with van der Waals surface area (Å²) in [7, 11) is 1.64. The number of anilines is 1. The highest BCUT2D eigenvalue weighted by molar-refractivity contribution is 6.03. The molecule has 0 atom stereocenters. The monoisotopic (exact) mass is 875 g/mol. The van der Waals surface area contributed by atoms with Crippen LogP contribution < -0.4 is 19.6 Å². The molecule has 0 saturated heterocycles. The number of methoxy groups -OCH3 is 1. The van der Waals surface area contributed by atoms with E-state index in [2.05, 4.69) is 142 Å². The van der Waals surface area contributed by atoms with Crippen LogP contribution in [0.5, 0.6) is 5.75 Å². The largest absolute Gasteiger partial charge is 0.497 e. The van der Waals surface area contributed by atoms with E-state index in [-0.39, 0.29) is 0 Å². The van der Waals surface area contributed by atoms with Gasteiger partial charge in [-0.25, -0.2) is 4.58 Å². The molecule has 10 nitrogen and oxygen atoms in total. The van der Waals surface area contributed by atoms with Gasteiger partial charge in [0.1, 0.15) is 30.2 Å². The molecule has 0 bridgehead atoms. The molecule has 0 N–H and O–H groups in total. The van der Waals surface area contributed by atoms with Crippen LogP contribution in [0.25, 0.3) is 67.6 Å². The van der Waals surface area contributed by atoms with Crippen LogP contribution in [0, 0.1) is 27.7 Å². The van der Waals surface area contributed by atoms with Gasteiger partial charge in [0.25, 0.3) is 0 Å². The van der Waals surface area contributed by atoms with Crippen LogP contribution in [0.4, 0.5) is 5.69 Å². The van der Waals surface area contributed by atoms with Crippen LogP contribution in [-0.2, 0) is 0 Å². The molecule has 334 valence electrons. The summed E-state index contributed by atoms with van der Waals surface area (Å²) < 4.78 is 14.1. The molecule has 7 aromatic rings. The summed E-state index contributed by atoms with van der Waals surface area (Å²) in [6.07, 6.45) is 10.9. The highest BCUT2D eigenvalue weighted by Gasteiger charge is 2.20. The standard InChI is InChI=1S/C32H35N4O.C12H12N2O.C12H12N2/c1-6-35(7-2)24-10-12-26-30(20-24)37-31-21-25(36(8-3)9-4)11-13-27(31)32(26)23-15-17-34-29(19-23)28-18-22(5)14-16-33-28;1-9-3-5-13-11(7-9)12-8-10(15-2)4-6-14-12;1-9-3-5-13-11(7-9)12-8-10(2)4-6-14-12/h10-21H,6-9H2,1-5H3;3-8H,1-2H3;3-8H,1-2H3/q+1;;. The Kier molecular flexibility index (Phi) is 15.4. The Morgan fingerprint density at radius 3 is 1.44 bits per heavy atom. The smallest absolute Gasteiger partial charge is 0.203 e. The van der Waals surface area contributed by atoms with Gasteiger partial charge in [-0.1, -0.05) is 0 Å². The van der Waals surface area contributed by atoms with Crippen LogP contribution in [0.1, 0.15) is 49.9 Å². The van der Waals surface area contributed by atoms with E-state index in [9.17, 15) is 0 Å². The third kappa shape index (κ3) is 11.2. The van der Waals surface area contributed by atoms with E-state index in [1.807, 2.05) is 86.3 Å². The number of aromatic nitrogens is 6. The lowest BCUT2D eigenvalue weighted by Gasteiger charge is -2.22. The van der Waals surface area contributed by atoms with E-state index in [1.165, 1.54) is 33.3 Å². The van der Waals surface area contributed by atoms with Crippen molar-refractivity contribution >= 4 is 16.7 Å². The fraction of sp³-hybridized carbons (Fsp3) is 0.232. The molecule has 0 spiro atoms. The number of benzene rings is 2. The maximum Gasteiger partial charge on any atom is 0.203 e. The van der Waals surface area contributed by atoms with Gasteiger partial charge in [0.2, 0.25) is 5.36 Å². The molecular weight excluding hydrogens is 817 g/mol. The molecule has 9 rings (SSSR count). The van der Waals surface area contributed by atoms with E-state index < -0.39 is 0 Å². The first-order valence-electron chi connectivity index (χ1n) is 22.6. The Labute approximate surface area is 388 Å². The quantitative estimate of drug-likeness (QED) is 0.0980. The lowest BCUT2D eigenvalue weighted by molar-refractivity contribution is 0.414. The summed E-state index contributed by atoms with van der Waals surface area (Å²) in [5, 5.41) is 2.26. The van der Waals surface area contributed by atoms with Crippen molar-refractivity contribution in [2.24, 2.45) is 0 Å². The topological polar surface area (TPSA) is 106 Å². The summed E-state index contributed by atoms with van der Waals surface area (Å²) in [4.78, 5) is 28.7. The van der Waals surface area contributed by atoms with Gasteiger partial charge in [-0.15, -0.1) is 0 Å². The van der Waals surface area contributed by atoms with Crippen molar-refractivity contribution in [3.05, 3.63) is 174 Å². The lowest BCUT2D eigenvalue weighted by Crippen LogP contribution is -2.29. The van der Waals surface area contributed by atoms with Crippen molar-refractivity contribution in [3.8, 4) is 62.4 Å². The maximum atomic E-state index is 6.62. The average molecular weight is 876 g/mol. The molecule has 2 aliphatic rings. The summed E-state index contributed by atoms with van der Waals surface area (Å²) >= 11 is 0. The number of hydrogen-bond donors (Lipinski definition) is 0. The summed E-state index contributed by atoms with van der Waals surface area (Å²) in [5.74, 6) is 1.68. The van der Waals surface area contributed by atoms with E-state index in [0.29, 0.717) is 0 Å². The van der Waals surface area contributed by atoms with Crippen LogP contribution in [0.15, 0.2) is 151 Å². The van der Waals surface area contributed by atoms with Crippen LogP contribution in [-0.4, -0.2) is 63.2 Å². The zero-order valence-electron chi connectivity index (χ0n) is 39.6. The van der Waals surface area contributed by atoms with Crippen LogP contribution in [0.3, 0.4) is 0 Å². The van der Waals surface area contributed by atoms with E-state index in [4.69, 9.17) is 9.15 Å². The fourth-order valence-electron chi connectivity index (χ4n) is 7.86. The second-order valence-corrected chi connectivity index (χ2v) is 16.1. The Balaban J connectivity index is 0.000000181. The van der Waals surface area contributed by atoms with Gasteiger partial charge in [-0.05, 0) is 168 Å². The SMILES string of the molecule is CCN(CC)c1ccc2c(-c3ccnc(-c4cc(C)ccn4)c3)c3ccc(=[N+](CC)CC)cc-3oc2c1.COc1ccnc(-c2cc(C)ccn2)c1.Cc1ccnc(-c2cc(C)ccn2)c1. The number of ether oxygens (including phenoxy) is 1. The maximum absolute atomic E-state index is 6.62. The number of nitrogens with zero attached hydrogens (tertiary/aromatic N) is 8. The first-order chi connectivity index (χ1) is 32.1. The summed E-state index contributed by atoms with van der Waals surface area (Å²) in [6.45, 7) is 20.8. The minimum atomic E-state index is 0.795. The van der Waals surface area contributed by atoms with Crippen molar-refractivity contribution < 1.29 is 9.15 Å². The Morgan fingerprint density at radius 1 is 0.500 bits per heavy atom. The molecule has 0 amide bonds. The zero-order chi connectivity index (χ0) is 46.6. The van der Waals surface area contributed by atoms with Gasteiger partial charge in [-0.3, -0.25) is 29.9 Å². The highest BCUT2D eigenvalue weighted by Crippen LogP contribution is 2.41. The Hall–Kier alpha value is -7.59. The molecule has 1 aliphatic heterocycles. The number of rotatable bonds is 10. The number of aryl methyl sites for hydroxylation is 4. The van der Waals surface area contributed by atoms with Gasteiger partial charge in [-0.2, -0.15) is 0 Å².